The average molecular weight is 213 g/mol. The maximum atomic E-state index is 3.59. The third kappa shape index (κ3) is 2.22. The molecule has 0 rings (SSSR count). The highest BCUT2D eigenvalue weighted by Gasteiger charge is 2.50. The zero-order chi connectivity index (χ0) is 12.5. The lowest BCUT2D eigenvalue weighted by Gasteiger charge is -2.56. The topological polar surface area (TPSA) is 12.0 Å². The summed E-state index contributed by atoms with van der Waals surface area (Å²) in [5, 5.41) is 3.59. The largest absolute Gasteiger partial charge is 0.313 e. The summed E-state index contributed by atoms with van der Waals surface area (Å²) < 4.78 is 0. The van der Waals surface area contributed by atoms with Gasteiger partial charge in [0.05, 0.1) is 0 Å². The molecule has 92 valence electrons. The van der Waals surface area contributed by atoms with E-state index in [-0.39, 0.29) is 11.0 Å². The molecule has 0 amide bonds. The molecule has 0 aliphatic heterocycles. The molecule has 1 unspecified atom stereocenters. The molecule has 0 saturated heterocycles. The highest BCUT2D eigenvalue weighted by Crippen LogP contribution is 2.49. The van der Waals surface area contributed by atoms with Gasteiger partial charge in [-0.1, -0.05) is 48.5 Å². The molecule has 1 heteroatoms. The second-order valence-electron chi connectivity index (χ2n) is 6.49. The maximum Gasteiger partial charge on any atom is 0.0254 e. The van der Waals surface area contributed by atoms with E-state index in [0.29, 0.717) is 11.3 Å². The average Bonchev–Trinajstić information content (AvgIpc) is 2.15. The fourth-order valence-electron chi connectivity index (χ4n) is 2.46. The van der Waals surface area contributed by atoms with Gasteiger partial charge >= 0.3 is 0 Å². The van der Waals surface area contributed by atoms with E-state index >= 15 is 0 Å². The van der Waals surface area contributed by atoms with E-state index in [1.807, 2.05) is 0 Å². The van der Waals surface area contributed by atoms with Crippen molar-refractivity contribution in [1.29, 1.82) is 0 Å². The quantitative estimate of drug-likeness (QED) is 0.725. The van der Waals surface area contributed by atoms with E-state index in [2.05, 4.69) is 67.8 Å². The third-order valence-corrected chi connectivity index (χ3v) is 5.47. The fourth-order valence-corrected chi connectivity index (χ4v) is 2.46. The Hall–Kier alpha value is -0.0400. The van der Waals surface area contributed by atoms with E-state index in [0.717, 1.165) is 0 Å². The summed E-state index contributed by atoms with van der Waals surface area (Å²) in [4.78, 5) is 0. The Labute approximate surface area is 97.0 Å². The van der Waals surface area contributed by atoms with Crippen LogP contribution >= 0.6 is 0 Å². The van der Waals surface area contributed by atoms with Gasteiger partial charge in [0, 0.05) is 5.54 Å². The highest BCUT2D eigenvalue weighted by molar-refractivity contribution is 5.05. The van der Waals surface area contributed by atoms with E-state index in [9.17, 15) is 0 Å². The van der Waals surface area contributed by atoms with Crippen LogP contribution in [0.5, 0.6) is 0 Å². The molecular formula is C14H31N. The van der Waals surface area contributed by atoms with Gasteiger partial charge in [0.1, 0.15) is 0 Å². The molecule has 1 N–H and O–H groups in total. The first-order chi connectivity index (χ1) is 6.56. The lowest BCUT2D eigenvalue weighted by Crippen LogP contribution is -2.63. The van der Waals surface area contributed by atoms with Crippen LogP contribution in [0.25, 0.3) is 0 Å². The Morgan fingerprint density at radius 1 is 1.00 bits per heavy atom. The summed E-state index contributed by atoms with van der Waals surface area (Å²) in [5.41, 5.74) is 0.736. The number of nitrogens with one attached hydrogen (secondary N) is 1. The first-order valence-electron chi connectivity index (χ1n) is 6.25. The zero-order valence-electron chi connectivity index (χ0n) is 12.3. The van der Waals surface area contributed by atoms with E-state index in [1.165, 1.54) is 6.42 Å². The fraction of sp³-hybridized carbons (Fsp3) is 1.00. The number of hydrogen-bond donors (Lipinski definition) is 1. The molecule has 1 nitrogen and oxygen atoms in total. The number of hydrogen-bond acceptors (Lipinski definition) is 1. The van der Waals surface area contributed by atoms with Crippen molar-refractivity contribution in [2.75, 3.05) is 7.05 Å². The molecule has 0 aromatic carbocycles. The summed E-state index contributed by atoms with van der Waals surface area (Å²) in [6.07, 6.45) is 1.19. The molecule has 0 fully saturated rings. The van der Waals surface area contributed by atoms with Gasteiger partial charge in [0.15, 0.2) is 0 Å². The van der Waals surface area contributed by atoms with Crippen molar-refractivity contribution in [2.45, 2.75) is 67.3 Å². The molecule has 0 aromatic rings. The van der Waals surface area contributed by atoms with Gasteiger partial charge in [-0.05, 0) is 37.1 Å². The summed E-state index contributed by atoms with van der Waals surface area (Å²) >= 11 is 0. The Morgan fingerprint density at radius 3 is 1.60 bits per heavy atom. The van der Waals surface area contributed by atoms with Gasteiger partial charge in [-0.15, -0.1) is 0 Å². The van der Waals surface area contributed by atoms with E-state index in [4.69, 9.17) is 0 Å². The molecule has 0 bridgehead atoms. The van der Waals surface area contributed by atoms with Gasteiger partial charge in [-0.3, -0.25) is 0 Å². The van der Waals surface area contributed by atoms with Crippen LogP contribution < -0.4 is 5.32 Å². The molecule has 0 saturated carbocycles. The molecule has 0 aliphatic carbocycles. The standard InChI is InChI=1S/C14H31N/c1-10-12(4,5)14(8,15-9)13(6,7)11(2)3/h11,15H,10H2,1-9H3. The molecule has 0 spiro atoms. The normalized spacial score (nSPS) is 18.0. The molecule has 1 atom stereocenters. The second-order valence-corrected chi connectivity index (χ2v) is 6.49. The predicted octanol–water partition coefficient (Wildman–Crippen LogP) is 4.08. The minimum Gasteiger partial charge on any atom is -0.313 e. The summed E-state index contributed by atoms with van der Waals surface area (Å²) in [6, 6.07) is 0. The second kappa shape index (κ2) is 4.45. The first kappa shape index (κ1) is 15.0. The summed E-state index contributed by atoms with van der Waals surface area (Å²) in [7, 11) is 2.10. The maximum absolute atomic E-state index is 3.59. The Kier molecular flexibility index (Phi) is 4.44. The molecule has 0 heterocycles. The zero-order valence-corrected chi connectivity index (χ0v) is 12.3. The van der Waals surface area contributed by atoms with Crippen molar-refractivity contribution in [3.63, 3.8) is 0 Å². The van der Waals surface area contributed by atoms with E-state index in [1.54, 1.807) is 0 Å². The molecular weight excluding hydrogens is 182 g/mol. The van der Waals surface area contributed by atoms with Gasteiger partial charge in [-0.25, -0.2) is 0 Å². The molecule has 0 aromatic heterocycles. The van der Waals surface area contributed by atoms with Crippen LogP contribution in [0.3, 0.4) is 0 Å². The van der Waals surface area contributed by atoms with Crippen molar-refractivity contribution in [3.8, 4) is 0 Å². The van der Waals surface area contributed by atoms with Crippen LogP contribution in [-0.2, 0) is 0 Å². The lowest BCUT2D eigenvalue weighted by atomic mass is 9.55. The number of rotatable bonds is 5. The minimum absolute atomic E-state index is 0.156. The van der Waals surface area contributed by atoms with Crippen LogP contribution in [0, 0.1) is 16.7 Å². The van der Waals surface area contributed by atoms with Crippen LogP contribution in [0.4, 0.5) is 0 Å². The lowest BCUT2D eigenvalue weighted by molar-refractivity contribution is -0.0129. The van der Waals surface area contributed by atoms with E-state index < -0.39 is 0 Å². The van der Waals surface area contributed by atoms with Gasteiger partial charge in [0.2, 0.25) is 0 Å². The van der Waals surface area contributed by atoms with Crippen molar-refractivity contribution in [2.24, 2.45) is 16.7 Å². The molecule has 15 heavy (non-hydrogen) atoms. The highest BCUT2D eigenvalue weighted by atomic mass is 15.0. The summed E-state index contributed by atoms with van der Waals surface area (Å²) in [6.45, 7) is 18.8. The van der Waals surface area contributed by atoms with Gasteiger partial charge in [-0.2, -0.15) is 0 Å². The third-order valence-electron chi connectivity index (χ3n) is 5.47. The van der Waals surface area contributed by atoms with Crippen LogP contribution in [0.2, 0.25) is 0 Å². The smallest absolute Gasteiger partial charge is 0.0254 e. The SMILES string of the molecule is CCC(C)(C)C(C)(NC)C(C)(C)C(C)C. The van der Waals surface area contributed by atoms with Gasteiger partial charge in [0.25, 0.3) is 0 Å². The Bertz CT molecular complexity index is 203. The molecule has 0 aliphatic rings. The van der Waals surface area contributed by atoms with Crippen molar-refractivity contribution in [3.05, 3.63) is 0 Å². The van der Waals surface area contributed by atoms with Gasteiger partial charge < -0.3 is 5.32 Å². The van der Waals surface area contributed by atoms with Crippen LogP contribution in [-0.4, -0.2) is 12.6 Å². The Balaban J connectivity index is 5.36. The van der Waals surface area contributed by atoms with Crippen LogP contribution in [0.15, 0.2) is 0 Å². The van der Waals surface area contributed by atoms with Crippen molar-refractivity contribution >= 4 is 0 Å². The summed E-state index contributed by atoms with van der Waals surface area (Å²) in [5.74, 6) is 0.667. The van der Waals surface area contributed by atoms with Crippen LogP contribution in [0.1, 0.15) is 61.8 Å². The van der Waals surface area contributed by atoms with Crippen molar-refractivity contribution < 1.29 is 0 Å². The predicted molar refractivity (Wildman–Crippen MR) is 70.2 cm³/mol. The van der Waals surface area contributed by atoms with Crippen molar-refractivity contribution in [1.82, 2.24) is 5.32 Å². The first-order valence-corrected chi connectivity index (χ1v) is 6.25. The monoisotopic (exact) mass is 213 g/mol. The Morgan fingerprint density at radius 2 is 1.40 bits per heavy atom. The molecule has 0 radical (unpaired) electrons. The minimum atomic E-state index is 0.156.